The highest BCUT2D eigenvalue weighted by atomic mass is 79.9. The fourth-order valence-corrected chi connectivity index (χ4v) is 4.05. The van der Waals surface area contributed by atoms with E-state index < -0.39 is 17.5 Å². The summed E-state index contributed by atoms with van der Waals surface area (Å²) in [6, 6.07) is 14.2. The lowest BCUT2D eigenvalue weighted by atomic mass is 9.84. The van der Waals surface area contributed by atoms with E-state index in [0.29, 0.717) is 0 Å². The number of nitrogens with zero attached hydrogens (tertiary/aromatic N) is 1. The van der Waals surface area contributed by atoms with E-state index >= 15 is 0 Å². The summed E-state index contributed by atoms with van der Waals surface area (Å²) in [6.45, 7) is 2.63. The molecule has 3 aromatic rings. The number of carboxylic acids is 2. The highest BCUT2D eigenvalue weighted by molar-refractivity contribution is 9.10. The normalized spacial score (nSPS) is 15.6. The standard InChI is InChI=1S/C21H23BrN2O2.C2H2O4/c1-26-18-6-7-20-19(12-18)15(13-23-20)14-24-10-8-21(25,9-11-24)16-2-4-17(22)5-3-16;3-1(4)2(5)6/h2-7,12-13,23,25H,8-11,14H2,1H3;(H,3,4)(H,5,6). The van der Waals surface area contributed by atoms with Crippen LogP contribution in [-0.4, -0.2) is 57.3 Å². The Bertz CT molecular complexity index is 1080. The summed E-state index contributed by atoms with van der Waals surface area (Å²) >= 11 is 3.46. The molecule has 0 spiro atoms. The minimum absolute atomic E-state index is 0.722. The van der Waals surface area contributed by atoms with Gasteiger partial charge in [-0.05, 0) is 54.3 Å². The number of fused-ring (bicyclic) bond motifs is 1. The number of methoxy groups -OCH3 is 1. The van der Waals surface area contributed by atoms with Crippen LogP contribution in [0.4, 0.5) is 0 Å². The summed E-state index contributed by atoms with van der Waals surface area (Å²) in [7, 11) is 1.70. The molecule has 0 unspecified atom stereocenters. The van der Waals surface area contributed by atoms with Crippen LogP contribution >= 0.6 is 15.9 Å². The third-order valence-corrected chi connectivity index (χ3v) is 6.14. The minimum Gasteiger partial charge on any atom is -0.497 e. The van der Waals surface area contributed by atoms with E-state index in [1.807, 2.05) is 30.3 Å². The highest BCUT2D eigenvalue weighted by Gasteiger charge is 2.34. The minimum atomic E-state index is -1.82. The number of hydrogen-bond acceptors (Lipinski definition) is 5. The first-order chi connectivity index (χ1) is 15.2. The van der Waals surface area contributed by atoms with Crippen LogP contribution < -0.4 is 4.74 Å². The number of aliphatic carboxylic acids is 2. The van der Waals surface area contributed by atoms with Gasteiger partial charge in [-0.15, -0.1) is 0 Å². The fourth-order valence-electron chi connectivity index (χ4n) is 3.79. The Morgan fingerprint density at radius 1 is 1.09 bits per heavy atom. The Hall–Kier alpha value is -2.88. The average molecular weight is 505 g/mol. The number of likely N-dealkylation sites (tertiary alicyclic amines) is 1. The van der Waals surface area contributed by atoms with Gasteiger partial charge in [0.15, 0.2) is 0 Å². The van der Waals surface area contributed by atoms with Crippen LogP contribution in [0.3, 0.4) is 0 Å². The van der Waals surface area contributed by atoms with Gasteiger partial charge < -0.3 is 25.0 Å². The maximum Gasteiger partial charge on any atom is 0.414 e. The van der Waals surface area contributed by atoms with Gasteiger partial charge in [0.25, 0.3) is 0 Å². The number of benzene rings is 2. The largest absolute Gasteiger partial charge is 0.497 e. The lowest BCUT2D eigenvalue weighted by Crippen LogP contribution is -2.42. The topological polar surface area (TPSA) is 123 Å². The zero-order chi connectivity index (χ0) is 23.3. The second-order valence-corrected chi connectivity index (χ2v) is 8.57. The van der Waals surface area contributed by atoms with Crippen molar-refractivity contribution < 1.29 is 29.6 Å². The zero-order valence-corrected chi connectivity index (χ0v) is 19.1. The van der Waals surface area contributed by atoms with Crippen molar-refractivity contribution in [2.24, 2.45) is 0 Å². The summed E-state index contributed by atoms with van der Waals surface area (Å²) in [6.07, 6.45) is 3.58. The molecule has 0 saturated carbocycles. The van der Waals surface area contributed by atoms with Crippen LogP contribution in [0.5, 0.6) is 5.75 Å². The molecule has 0 amide bonds. The monoisotopic (exact) mass is 504 g/mol. The first-order valence-corrected chi connectivity index (χ1v) is 10.8. The Kier molecular flexibility index (Phi) is 7.55. The molecule has 1 aliphatic rings. The maximum absolute atomic E-state index is 11.1. The smallest absolute Gasteiger partial charge is 0.414 e. The van der Waals surface area contributed by atoms with Crippen molar-refractivity contribution in [1.29, 1.82) is 0 Å². The van der Waals surface area contributed by atoms with E-state index in [4.69, 9.17) is 24.5 Å². The van der Waals surface area contributed by atoms with Gasteiger partial charge in [-0.3, -0.25) is 4.90 Å². The van der Waals surface area contributed by atoms with Gasteiger partial charge in [0.2, 0.25) is 0 Å². The van der Waals surface area contributed by atoms with Crippen molar-refractivity contribution in [3.05, 3.63) is 64.3 Å². The summed E-state index contributed by atoms with van der Waals surface area (Å²) in [5.74, 6) is -2.77. The van der Waals surface area contributed by atoms with Crippen LogP contribution in [0, 0.1) is 0 Å². The number of aromatic amines is 1. The summed E-state index contributed by atoms with van der Waals surface area (Å²) in [5.41, 5.74) is 2.69. The number of piperidine rings is 1. The van der Waals surface area contributed by atoms with Gasteiger partial charge in [-0.2, -0.15) is 0 Å². The van der Waals surface area contributed by atoms with Crippen LogP contribution in [0.1, 0.15) is 24.0 Å². The predicted octanol–water partition coefficient (Wildman–Crippen LogP) is 3.58. The van der Waals surface area contributed by atoms with Gasteiger partial charge in [0, 0.05) is 41.2 Å². The number of carbonyl (C=O) groups is 2. The van der Waals surface area contributed by atoms with Crippen molar-refractivity contribution in [2.45, 2.75) is 25.0 Å². The predicted molar refractivity (Wildman–Crippen MR) is 123 cm³/mol. The first kappa shape index (κ1) is 23.8. The zero-order valence-electron chi connectivity index (χ0n) is 17.5. The van der Waals surface area contributed by atoms with E-state index in [9.17, 15) is 5.11 Å². The number of rotatable bonds is 4. The SMILES string of the molecule is COc1ccc2[nH]cc(CN3CCC(O)(c4ccc(Br)cc4)CC3)c2c1.O=C(O)C(=O)O. The molecular formula is C23H25BrN2O6. The van der Waals surface area contributed by atoms with Crippen LogP contribution in [0.25, 0.3) is 10.9 Å². The molecule has 0 atom stereocenters. The van der Waals surface area contributed by atoms with Gasteiger partial charge in [0.05, 0.1) is 12.7 Å². The van der Waals surface area contributed by atoms with E-state index in [1.165, 1.54) is 10.9 Å². The van der Waals surface area contributed by atoms with Gasteiger partial charge in [-0.25, -0.2) is 9.59 Å². The third-order valence-electron chi connectivity index (χ3n) is 5.62. The molecule has 2 aromatic carbocycles. The Morgan fingerprint density at radius 3 is 2.28 bits per heavy atom. The molecule has 1 saturated heterocycles. The average Bonchev–Trinajstić information content (AvgIpc) is 3.18. The summed E-state index contributed by atoms with van der Waals surface area (Å²) in [4.78, 5) is 24.0. The number of H-pyrrole nitrogens is 1. The van der Waals surface area contributed by atoms with Crippen molar-refractivity contribution in [3.8, 4) is 5.75 Å². The second-order valence-electron chi connectivity index (χ2n) is 7.65. The van der Waals surface area contributed by atoms with Gasteiger partial charge in [-0.1, -0.05) is 28.1 Å². The molecule has 1 aromatic heterocycles. The molecule has 1 aliphatic heterocycles. The fraction of sp³-hybridized carbons (Fsp3) is 0.304. The van der Waals surface area contributed by atoms with E-state index in [0.717, 1.165) is 53.8 Å². The number of halogens is 1. The molecule has 32 heavy (non-hydrogen) atoms. The highest BCUT2D eigenvalue weighted by Crippen LogP contribution is 2.34. The molecule has 4 N–H and O–H groups in total. The van der Waals surface area contributed by atoms with E-state index in [2.05, 4.69) is 44.1 Å². The lowest BCUT2D eigenvalue weighted by Gasteiger charge is -2.38. The number of aromatic nitrogens is 1. The number of hydrogen-bond donors (Lipinski definition) is 4. The molecule has 0 bridgehead atoms. The number of aliphatic hydroxyl groups is 1. The molecule has 0 aliphatic carbocycles. The molecule has 0 radical (unpaired) electrons. The molecule has 9 heteroatoms. The van der Waals surface area contributed by atoms with Crippen molar-refractivity contribution in [2.75, 3.05) is 20.2 Å². The summed E-state index contributed by atoms with van der Waals surface area (Å²) in [5, 5.41) is 27.0. The molecule has 1 fully saturated rings. The Morgan fingerprint density at radius 2 is 1.72 bits per heavy atom. The molecule has 170 valence electrons. The number of carboxylic acid groups (broad SMARTS) is 2. The summed E-state index contributed by atoms with van der Waals surface area (Å²) < 4.78 is 6.40. The third kappa shape index (κ3) is 5.67. The van der Waals surface area contributed by atoms with Crippen molar-refractivity contribution in [3.63, 3.8) is 0 Å². The van der Waals surface area contributed by atoms with Crippen molar-refractivity contribution in [1.82, 2.24) is 9.88 Å². The molecule has 2 heterocycles. The number of nitrogens with one attached hydrogen (secondary N) is 1. The Labute approximate surface area is 193 Å². The number of ether oxygens (including phenoxy) is 1. The first-order valence-electron chi connectivity index (χ1n) is 10.0. The Balaban J connectivity index is 0.000000427. The van der Waals surface area contributed by atoms with Crippen LogP contribution in [0.2, 0.25) is 0 Å². The van der Waals surface area contributed by atoms with Crippen LogP contribution in [-0.2, 0) is 21.7 Å². The van der Waals surface area contributed by atoms with E-state index in [1.54, 1.807) is 7.11 Å². The second kappa shape index (κ2) is 10.2. The van der Waals surface area contributed by atoms with Crippen molar-refractivity contribution >= 4 is 38.8 Å². The molecule has 8 nitrogen and oxygen atoms in total. The molecular weight excluding hydrogens is 480 g/mol. The quantitative estimate of drug-likeness (QED) is 0.400. The van der Waals surface area contributed by atoms with E-state index in [-0.39, 0.29) is 0 Å². The van der Waals surface area contributed by atoms with Gasteiger partial charge in [0.1, 0.15) is 5.75 Å². The molecule has 4 rings (SSSR count). The van der Waals surface area contributed by atoms with Crippen LogP contribution in [0.15, 0.2) is 53.1 Å². The van der Waals surface area contributed by atoms with Gasteiger partial charge >= 0.3 is 11.9 Å². The lowest BCUT2D eigenvalue weighted by molar-refractivity contribution is -0.159. The maximum atomic E-state index is 11.1.